The molecule has 1 N–H and O–H groups in total. The number of nitrogens with one attached hydrogen (secondary N) is 1. The van der Waals surface area contributed by atoms with Crippen molar-refractivity contribution in [3.63, 3.8) is 0 Å². The van der Waals surface area contributed by atoms with Crippen molar-refractivity contribution in [2.45, 2.75) is 13.8 Å². The van der Waals surface area contributed by atoms with Gasteiger partial charge in [0.1, 0.15) is 28.4 Å². The van der Waals surface area contributed by atoms with Crippen molar-refractivity contribution in [1.29, 1.82) is 0 Å². The lowest BCUT2D eigenvalue weighted by molar-refractivity contribution is -0.128. The van der Waals surface area contributed by atoms with Gasteiger partial charge in [-0.1, -0.05) is 13.8 Å². The zero-order valence-electron chi connectivity index (χ0n) is 18.8. The van der Waals surface area contributed by atoms with Crippen LogP contribution in [0.4, 0.5) is 0 Å². The van der Waals surface area contributed by atoms with Crippen molar-refractivity contribution in [2.24, 2.45) is 5.92 Å². The molecule has 0 saturated heterocycles. The maximum Gasteiger partial charge on any atom is 0.349 e. The van der Waals surface area contributed by atoms with Crippen LogP contribution in [-0.2, 0) is 4.79 Å². The third-order valence-corrected chi connectivity index (χ3v) is 4.68. The first kappa shape index (κ1) is 23.6. The molecule has 1 aromatic heterocycles. The van der Waals surface area contributed by atoms with Gasteiger partial charge in [0.2, 0.25) is 0 Å². The molecule has 0 saturated carbocycles. The van der Waals surface area contributed by atoms with Crippen LogP contribution in [0.1, 0.15) is 29.8 Å². The Bertz CT molecular complexity index is 1260. The molecule has 0 aliphatic carbocycles. The second-order valence-electron chi connectivity index (χ2n) is 7.61. The third-order valence-electron chi connectivity index (χ3n) is 4.68. The standard InChI is InChI=1S/C25H25NO7/c1-15(2)14-26-24(28)20-11-17-6-9-19(13-22(17)33-25(20)29)32-23(27)10-7-16-5-8-18(30-3)12-21(16)31-4/h5-13,15H,14H2,1-4H3,(H,26,28)/b10-7+. The van der Waals surface area contributed by atoms with Crippen molar-refractivity contribution in [3.05, 3.63) is 70.1 Å². The van der Waals surface area contributed by atoms with Gasteiger partial charge < -0.3 is 23.9 Å². The summed E-state index contributed by atoms with van der Waals surface area (Å²) in [4.78, 5) is 36.7. The highest BCUT2D eigenvalue weighted by molar-refractivity contribution is 5.97. The van der Waals surface area contributed by atoms with E-state index >= 15 is 0 Å². The summed E-state index contributed by atoms with van der Waals surface area (Å²) in [5.41, 5.74) is 0.0255. The Morgan fingerprint density at radius 3 is 2.48 bits per heavy atom. The Hall–Kier alpha value is -4.07. The van der Waals surface area contributed by atoms with E-state index in [9.17, 15) is 14.4 Å². The first-order valence-corrected chi connectivity index (χ1v) is 10.3. The average molecular weight is 451 g/mol. The second-order valence-corrected chi connectivity index (χ2v) is 7.61. The van der Waals surface area contributed by atoms with Crippen LogP contribution in [0.15, 0.2) is 57.8 Å². The minimum absolute atomic E-state index is 0.0794. The van der Waals surface area contributed by atoms with E-state index in [4.69, 9.17) is 18.6 Å². The Morgan fingerprint density at radius 1 is 1.03 bits per heavy atom. The van der Waals surface area contributed by atoms with E-state index in [1.807, 2.05) is 13.8 Å². The highest BCUT2D eigenvalue weighted by Gasteiger charge is 2.14. The number of rotatable bonds is 8. The van der Waals surface area contributed by atoms with Gasteiger partial charge in [-0.3, -0.25) is 4.79 Å². The average Bonchev–Trinajstić information content (AvgIpc) is 2.80. The zero-order valence-corrected chi connectivity index (χ0v) is 18.8. The number of amides is 1. The minimum atomic E-state index is -0.765. The molecule has 3 aromatic rings. The predicted molar refractivity (Wildman–Crippen MR) is 124 cm³/mol. The Balaban J connectivity index is 1.75. The van der Waals surface area contributed by atoms with Crippen LogP contribution >= 0.6 is 0 Å². The smallest absolute Gasteiger partial charge is 0.349 e. The Labute approximate surface area is 190 Å². The molecule has 8 nitrogen and oxygen atoms in total. The van der Waals surface area contributed by atoms with Crippen molar-refractivity contribution in [2.75, 3.05) is 20.8 Å². The van der Waals surface area contributed by atoms with Crippen LogP contribution in [0.25, 0.3) is 17.0 Å². The molecule has 172 valence electrons. The fourth-order valence-corrected chi connectivity index (χ4v) is 2.97. The molecule has 0 fully saturated rings. The first-order valence-electron chi connectivity index (χ1n) is 10.3. The summed E-state index contributed by atoms with van der Waals surface area (Å²) in [6.45, 7) is 4.35. The van der Waals surface area contributed by atoms with Crippen LogP contribution in [-0.4, -0.2) is 32.6 Å². The van der Waals surface area contributed by atoms with E-state index in [-0.39, 0.29) is 22.8 Å². The number of esters is 1. The molecule has 1 heterocycles. The molecule has 3 rings (SSSR count). The summed E-state index contributed by atoms with van der Waals surface area (Å²) in [7, 11) is 3.07. The lowest BCUT2D eigenvalue weighted by Crippen LogP contribution is -2.31. The highest BCUT2D eigenvalue weighted by atomic mass is 16.5. The number of fused-ring (bicyclic) bond motifs is 1. The molecule has 0 unspecified atom stereocenters. The van der Waals surface area contributed by atoms with Crippen molar-refractivity contribution >= 4 is 28.9 Å². The molecule has 0 aliphatic rings. The molecular weight excluding hydrogens is 426 g/mol. The van der Waals surface area contributed by atoms with Gasteiger partial charge in [0.05, 0.1) is 14.2 Å². The molecule has 0 radical (unpaired) electrons. The van der Waals surface area contributed by atoms with E-state index in [1.165, 1.54) is 25.3 Å². The molecule has 33 heavy (non-hydrogen) atoms. The summed E-state index contributed by atoms with van der Waals surface area (Å²) in [5.74, 6) is 0.495. The van der Waals surface area contributed by atoms with E-state index in [1.54, 1.807) is 43.5 Å². The summed E-state index contributed by atoms with van der Waals surface area (Å²) in [5, 5.41) is 3.22. The third kappa shape index (κ3) is 6.00. The quantitative estimate of drug-likeness (QED) is 0.240. The van der Waals surface area contributed by atoms with Gasteiger partial charge in [-0.15, -0.1) is 0 Å². The fraction of sp³-hybridized carbons (Fsp3) is 0.240. The van der Waals surface area contributed by atoms with Gasteiger partial charge in [0.25, 0.3) is 5.91 Å². The minimum Gasteiger partial charge on any atom is -0.497 e. The van der Waals surface area contributed by atoms with Crippen LogP contribution < -0.4 is 25.2 Å². The first-order chi connectivity index (χ1) is 15.8. The van der Waals surface area contributed by atoms with E-state index in [2.05, 4.69) is 5.32 Å². The molecule has 0 bridgehead atoms. The van der Waals surface area contributed by atoms with Crippen LogP contribution in [0, 0.1) is 5.92 Å². The highest BCUT2D eigenvalue weighted by Crippen LogP contribution is 2.26. The Kier molecular flexibility index (Phi) is 7.50. The van der Waals surface area contributed by atoms with E-state index in [0.717, 1.165) is 0 Å². The summed E-state index contributed by atoms with van der Waals surface area (Å²) in [6, 6.07) is 11.2. The predicted octanol–water partition coefficient (Wildman–Crippen LogP) is 3.81. The van der Waals surface area contributed by atoms with Gasteiger partial charge in [0, 0.05) is 35.7 Å². The monoisotopic (exact) mass is 451 g/mol. The number of benzene rings is 2. The summed E-state index contributed by atoms with van der Waals surface area (Å²) < 4.78 is 21.0. The Morgan fingerprint density at radius 2 is 1.79 bits per heavy atom. The molecule has 1 amide bonds. The number of carbonyl (C=O) groups excluding carboxylic acids is 2. The molecular formula is C25H25NO7. The maximum absolute atomic E-state index is 12.3. The number of ether oxygens (including phenoxy) is 3. The van der Waals surface area contributed by atoms with Gasteiger partial charge in [-0.05, 0) is 42.3 Å². The van der Waals surface area contributed by atoms with Crippen molar-refractivity contribution in [3.8, 4) is 17.2 Å². The van der Waals surface area contributed by atoms with Gasteiger partial charge in [-0.2, -0.15) is 0 Å². The maximum atomic E-state index is 12.3. The number of methoxy groups -OCH3 is 2. The van der Waals surface area contributed by atoms with Gasteiger partial charge in [-0.25, -0.2) is 9.59 Å². The van der Waals surface area contributed by atoms with Crippen LogP contribution in [0.3, 0.4) is 0 Å². The van der Waals surface area contributed by atoms with Crippen LogP contribution in [0.5, 0.6) is 17.2 Å². The number of hydrogen-bond donors (Lipinski definition) is 1. The zero-order chi connectivity index (χ0) is 24.0. The fourth-order valence-electron chi connectivity index (χ4n) is 2.97. The van der Waals surface area contributed by atoms with E-state index in [0.29, 0.717) is 29.0 Å². The lowest BCUT2D eigenvalue weighted by atomic mass is 10.1. The van der Waals surface area contributed by atoms with Gasteiger partial charge in [0.15, 0.2) is 0 Å². The van der Waals surface area contributed by atoms with E-state index < -0.39 is 17.5 Å². The molecule has 2 aromatic carbocycles. The van der Waals surface area contributed by atoms with Gasteiger partial charge >= 0.3 is 11.6 Å². The summed E-state index contributed by atoms with van der Waals surface area (Å²) in [6.07, 6.45) is 2.82. The number of carbonyl (C=O) groups is 2. The number of hydrogen-bond acceptors (Lipinski definition) is 7. The molecule has 0 aliphatic heterocycles. The largest absolute Gasteiger partial charge is 0.497 e. The topological polar surface area (TPSA) is 104 Å². The molecule has 0 atom stereocenters. The second kappa shape index (κ2) is 10.5. The lowest BCUT2D eigenvalue weighted by Gasteiger charge is -2.08. The molecule has 0 spiro atoms. The van der Waals surface area contributed by atoms with Crippen molar-refractivity contribution < 1.29 is 28.2 Å². The SMILES string of the molecule is COc1ccc(/C=C/C(=O)Oc2ccc3cc(C(=O)NCC(C)C)c(=O)oc3c2)c(OC)c1. The van der Waals surface area contributed by atoms with Crippen LogP contribution in [0.2, 0.25) is 0 Å². The van der Waals surface area contributed by atoms with Crippen molar-refractivity contribution in [1.82, 2.24) is 5.32 Å². The normalized spacial score (nSPS) is 11.1. The molecule has 8 heteroatoms. The summed E-state index contributed by atoms with van der Waals surface area (Å²) >= 11 is 0.